The van der Waals surface area contributed by atoms with Crippen molar-refractivity contribution in [1.29, 1.82) is 0 Å². The lowest BCUT2D eigenvalue weighted by molar-refractivity contribution is 0.590. The first-order valence-electron chi connectivity index (χ1n) is 18.0. The molecule has 0 aliphatic heterocycles. The molecule has 0 bridgehead atoms. The molecule has 0 aliphatic carbocycles. The maximum Gasteiger partial charge on any atom is 0.0540 e. The highest BCUT2D eigenvalue weighted by molar-refractivity contribution is 7.25. The number of anilines is 3. The van der Waals surface area contributed by atoms with Gasteiger partial charge in [0, 0.05) is 37.1 Å². The molecule has 0 saturated carbocycles. The van der Waals surface area contributed by atoms with E-state index in [-0.39, 0.29) is 5.41 Å². The molecule has 9 rings (SSSR count). The minimum Gasteiger partial charge on any atom is -0.310 e. The molecule has 0 saturated heterocycles. The Bertz CT molecular complexity index is 2690. The Morgan fingerprint density at radius 2 is 0.942 bits per heavy atom. The molecule has 0 spiro atoms. The molecule has 0 radical (unpaired) electrons. The topological polar surface area (TPSA) is 3.24 Å². The normalized spacial score (nSPS) is 11.8. The third-order valence-corrected chi connectivity index (χ3v) is 11.4. The van der Waals surface area contributed by atoms with E-state index in [4.69, 9.17) is 0 Å². The van der Waals surface area contributed by atoms with E-state index in [2.05, 4.69) is 208 Å². The van der Waals surface area contributed by atoms with Gasteiger partial charge >= 0.3 is 0 Å². The van der Waals surface area contributed by atoms with Crippen molar-refractivity contribution >= 4 is 59.3 Å². The van der Waals surface area contributed by atoms with Crippen LogP contribution in [0.25, 0.3) is 64.3 Å². The first-order valence-corrected chi connectivity index (χ1v) is 18.8. The fraction of sp³-hybridized carbons (Fsp3) is 0.0800. The Morgan fingerprint density at radius 3 is 1.67 bits per heavy atom. The molecule has 0 N–H and O–H groups in total. The van der Waals surface area contributed by atoms with Crippen LogP contribution in [0.2, 0.25) is 0 Å². The summed E-state index contributed by atoms with van der Waals surface area (Å²) in [5.74, 6) is 0. The van der Waals surface area contributed by atoms with Crippen molar-refractivity contribution in [3.63, 3.8) is 0 Å². The molecule has 52 heavy (non-hydrogen) atoms. The number of rotatable bonds is 6. The Balaban J connectivity index is 1.23. The van der Waals surface area contributed by atoms with E-state index in [1.165, 1.54) is 69.9 Å². The predicted octanol–water partition coefficient (Wildman–Crippen LogP) is 15.0. The molecule has 1 heterocycles. The Labute approximate surface area is 310 Å². The molecule has 2 heteroatoms. The third-order valence-electron chi connectivity index (χ3n) is 10.3. The zero-order chi connectivity index (χ0) is 35.2. The maximum absolute atomic E-state index is 2.43. The van der Waals surface area contributed by atoms with E-state index in [0.717, 1.165) is 17.1 Å². The number of nitrogens with zero attached hydrogens (tertiary/aromatic N) is 1. The van der Waals surface area contributed by atoms with Crippen LogP contribution < -0.4 is 4.90 Å². The van der Waals surface area contributed by atoms with Crippen molar-refractivity contribution in [2.75, 3.05) is 4.90 Å². The van der Waals surface area contributed by atoms with Gasteiger partial charge in [0.25, 0.3) is 0 Å². The fourth-order valence-corrected chi connectivity index (χ4v) is 8.80. The SMILES string of the molecule is CC(C)(C)c1ccc(N(c2ccc(-c3cccc4sc5ccccc5c34)cc2)c2ccccc2-c2cccc3cccc(-c4ccccc4)c23)cc1. The Kier molecular flexibility index (Phi) is 7.98. The van der Waals surface area contributed by atoms with Gasteiger partial charge in [0.2, 0.25) is 0 Å². The van der Waals surface area contributed by atoms with Crippen LogP contribution in [-0.4, -0.2) is 0 Å². The van der Waals surface area contributed by atoms with Crippen molar-refractivity contribution in [2.24, 2.45) is 0 Å². The van der Waals surface area contributed by atoms with Gasteiger partial charge in [0.1, 0.15) is 0 Å². The Hall–Kier alpha value is -5.96. The van der Waals surface area contributed by atoms with Crippen LogP contribution in [0.3, 0.4) is 0 Å². The fourth-order valence-electron chi connectivity index (χ4n) is 7.66. The molecular weight excluding hydrogens is 647 g/mol. The van der Waals surface area contributed by atoms with Crippen molar-refractivity contribution in [3.05, 3.63) is 188 Å². The smallest absolute Gasteiger partial charge is 0.0540 e. The standard InChI is InChI=1S/C50H39NS/c1-50(2,3)37-28-32-39(33-29-37)51(38-30-26-35(27-31-38)41-21-13-25-47-49(41)44-19-8-10-24-46(44)52-47)45-23-9-7-18-42(45)43-22-12-17-36-16-11-20-40(48(36)43)34-14-5-4-6-15-34/h4-33H,1-3H3. The molecular formula is C50H39NS. The molecule has 1 nitrogen and oxygen atoms in total. The lowest BCUT2D eigenvalue weighted by atomic mass is 9.87. The summed E-state index contributed by atoms with van der Waals surface area (Å²) in [5.41, 5.74) is 12.1. The van der Waals surface area contributed by atoms with Gasteiger partial charge in [-0.1, -0.05) is 160 Å². The van der Waals surface area contributed by atoms with Gasteiger partial charge in [-0.15, -0.1) is 11.3 Å². The summed E-state index contributed by atoms with van der Waals surface area (Å²) in [6.45, 7) is 6.82. The zero-order valence-electron chi connectivity index (χ0n) is 29.7. The largest absolute Gasteiger partial charge is 0.310 e. The average molecular weight is 686 g/mol. The monoisotopic (exact) mass is 685 g/mol. The second-order valence-corrected chi connectivity index (χ2v) is 15.6. The van der Waals surface area contributed by atoms with Crippen LogP contribution in [0.5, 0.6) is 0 Å². The van der Waals surface area contributed by atoms with Crippen LogP contribution in [0, 0.1) is 0 Å². The van der Waals surface area contributed by atoms with Gasteiger partial charge in [0.15, 0.2) is 0 Å². The summed E-state index contributed by atoms with van der Waals surface area (Å²) < 4.78 is 2.65. The summed E-state index contributed by atoms with van der Waals surface area (Å²) in [7, 11) is 0. The van der Waals surface area contributed by atoms with Gasteiger partial charge in [-0.3, -0.25) is 0 Å². The van der Waals surface area contributed by atoms with Gasteiger partial charge in [-0.05, 0) is 92.0 Å². The van der Waals surface area contributed by atoms with Crippen LogP contribution in [0.4, 0.5) is 17.1 Å². The van der Waals surface area contributed by atoms with Crippen LogP contribution >= 0.6 is 11.3 Å². The molecule has 0 unspecified atom stereocenters. The summed E-state index contributed by atoms with van der Waals surface area (Å²) in [6.07, 6.45) is 0. The Morgan fingerprint density at radius 1 is 0.404 bits per heavy atom. The highest BCUT2D eigenvalue weighted by Crippen LogP contribution is 2.46. The first kappa shape index (κ1) is 32.0. The average Bonchev–Trinajstić information content (AvgIpc) is 3.57. The molecule has 0 aliphatic rings. The number of thiophene rings is 1. The molecule has 8 aromatic carbocycles. The van der Waals surface area contributed by atoms with Crippen molar-refractivity contribution in [3.8, 4) is 33.4 Å². The minimum absolute atomic E-state index is 0.0621. The first-order chi connectivity index (χ1) is 25.4. The molecule has 0 amide bonds. The minimum atomic E-state index is 0.0621. The van der Waals surface area contributed by atoms with Gasteiger partial charge < -0.3 is 4.90 Å². The molecule has 0 fully saturated rings. The van der Waals surface area contributed by atoms with Crippen LogP contribution in [0.1, 0.15) is 26.3 Å². The van der Waals surface area contributed by atoms with E-state index in [1.54, 1.807) is 0 Å². The molecule has 0 atom stereocenters. The van der Waals surface area contributed by atoms with Gasteiger partial charge in [0.05, 0.1) is 5.69 Å². The third kappa shape index (κ3) is 5.66. The highest BCUT2D eigenvalue weighted by atomic mass is 32.1. The highest BCUT2D eigenvalue weighted by Gasteiger charge is 2.21. The second kappa shape index (κ2) is 13.0. The predicted molar refractivity (Wildman–Crippen MR) is 227 cm³/mol. The molecule has 250 valence electrons. The summed E-state index contributed by atoms with van der Waals surface area (Å²) in [4.78, 5) is 2.43. The number of para-hydroxylation sites is 1. The quantitative estimate of drug-likeness (QED) is 0.168. The van der Waals surface area contributed by atoms with E-state index in [1.807, 2.05) is 11.3 Å². The number of hydrogen-bond acceptors (Lipinski definition) is 2. The lowest BCUT2D eigenvalue weighted by Crippen LogP contribution is -2.13. The van der Waals surface area contributed by atoms with Gasteiger partial charge in [-0.2, -0.15) is 0 Å². The number of fused-ring (bicyclic) bond motifs is 4. The molecule has 9 aromatic rings. The van der Waals surface area contributed by atoms with E-state index < -0.39 is 0 Å². The maximum atomic E-state index is 2.43. The van der Waals surface area contributed by atoms with Gasteiger partial charge in [-0.25, -0.2) is 0 Å². The van der Waals surface area contributed by atoms with Crippen LogP contribution in [-0.2, 0) is 5.41 Å². The molecule has 1 aromatic heterocycles. The summed E-state index contributed by atoms with van der Waals surface area (Å²) in [5, 5.41) is 5.15. The number of hydrogen-bond donors (Lipinski definition) is 0. The lowest BCUT2D eigenvalue weighted by Gasteiger charge is -2.29. The van der Waals surface area contributed by atoms with E-state index in [9.17, 15) is 0 Å². The van der Waals surface area contributed by atoms with Crippen molar-refractivity contribution in [1.82, 2.24) is 0 Å². The summed E-state index contributed by atoms with van der Waals surface area (Å²) in [6, 6.07) is 66.7. The van der Waals surface area contributed by atoms with E-state index in [0.29, 0.717) is 0 Å². The van der Waals surface area contributed by atoms with Crippen molar-refractivity contribution < 1.29 is 0 Å². The second-order valence-electron chi connectivity index (χ2n) is 14.5. The van der Waals surface area contributed by atoms with Crippen molar-refractivity contribution in [2.45, 2.75) is 26.2 Å². The zero-order valence-corrected chi connectivity index (χ0v) is 30.5. The summed E-state index contributed by atoms with van der Waals surface area (Å²) >= 11 is 1.87. The number of benzene rings is 8. The van der Waals surface area contributed by atoms with E-state index >= 15 is 0 Å². The van der Waals surface area contributed by atoms with Crippen LogP contribution in [0.15, 0.2) is 182 Å².